The van der Waals surface area contributed by atoms with E-state index in [1.807, 2.05) is 0 Å². The Morgan fingerprint density at radius 3 is 2.27 bits per heavy atom. The maximum Gasteiger partial charge on any atom is 0.129 e. The molecule has 2 nitrogen and oxygen atoms in total. The Hall–Kier alpha value is -1.16. The molecule has 84 valence electrons. The van der Waals surface area contributed by atoms with Crippen LogP contribution < -0.4 is 10.5 Å². The van der Waals surface area contributed by atoms with Crippen LogP contribution in [0.1, 0.15) is 19.3 Å². The summed E-state index contributed by atoms with van der Waals surface area (Å²) in [6.07, 6.45) is 2.75. The number of ether oxygens (including phenoxy) is 1. The van der Waals surface area contributed by atoms with Crippen LogP contribution in [0.5, 0.6) is 5.75 Å². The zero-order valence-corrected chi connectivity index (χ0v) is 8.51. The van der Waals surface area contributed by atoms with Gasteiger partial charge in [-0.1, -0.05) is 0 Å². The van der Waals surface area contributed by atoms with E-state index in [1.165, 1.54) is 12.1 Å². The third kappa shape index (κ3) is 4.74. The second kappa shape index (κ2) is 6.35. The Bertz CT molecular complexity index is 284. The van der Waals surface area contributed by atoms with Crippen molar-refractivity contribution in [1.29, 1.82) is 0 Å². The fourth-order valence-corrected chi connectivity index (χ4v) is 1.23. The summed E-state index contributed by atoms with van der Waals surface area (Å²) >= 11 is 0. The van der Waals surface area contributed by atoms with Gasteiger partial charge in [0.25, 0.3) is 0 Å². The largest absolute Gasteiger partial charge is 0.493 e. The number of hydrogen-bond acceptors (Lipinski definition) is 2. The van der Waals surface area contributed by atoms with E-state index in [-0.39, 0.29) is 5.75 Å². The molecule has 0 saturated carbocycles. The topological polar surface area (TPSA) is 35.2 Å². The fraction of sp³-hybridized carbons (Fsp3) is 0.455. The molecule has 1 rings (SSSR count). The lowest BCUT2D eigenvalue weighted by atomic mass is 10.2. The quantitative estimate of drug-likeness (QED) is 0.740. The number of nitrogens with two attached hydrogens (primary N) is 1. The maximum atomic E-state index is 12.7. The Labute approximate surface area is 88.0 Å². The van der Waals surface area contributed by atoms with Crippen LogP contribution in [0.4, 0.5) is 8.78 Å². The lowest BCUT2D eigenvalue weighted by Crippen LogP contribution is -2.02. The van der Waals surface area contributed by atoms with Crippen molar-refractivity contribution >= 4 is 0 Å². The molecule has 0 aliphatic carbocycles. The molecule has 0 fully saturated rings. The molecule has 0 atom stereocenters. The smallest absolute Gasteiger partial charge is 0.129 e. The lowest BCUT2D eigenvalue weighted by molar-refractivity contribution is 0.302. The minimum absolute atomic E-state index is 0.236. The Kier molecular flexibility index (Phi) is 5.04. The van der Waals surface area contributed by atoms with E-state index in [9.17, 15) is 8.78 Å². The van der Waals surface area contributed by atoms with Gasteiger partial charge in [-0.25, -0.2) is 8.78 Å². The van der Waals surface area contributed by atoms with Crippen molar-refractivity contribution in [3.05, 3.63) is 29.8 Å². The highest BCUT2D eigenvalue weighted by molar-refractivity contribution is 5.23. The molecule has 4 heteroatoms. The minimum Gasteiger partial charge on any atom is -0.493 e. The molecule has 0 saturated heterocycles. The zero-order chi connectivity index (χ0) is 11.1. The van der Waals surface area contributed by atoms with E-state index in [2.05, 4.69) is 0 Å². The van der Waals surface area contributed by atoms with Crippen molar-refractivity contribution < 1.29 is 13.5 Å². The van der Waals surface area contributed by atoms with Crippen LogP contribution >= 0.6 is 0 Å². The number of rotatable bonds is 6. The van der Waals surface area contributed by atoms with Crippen LogP contribution in [0.15, 0.2) is 18.2 Å². The highest BCUT2D eigenvalue weighted by atomic mass is 19.1. The summed E-state index contributed by atoms with van der Waals surface area (Å²) in [6.45, 7) is 1.12. The van der Waals surface area contributed by atoms with Crippen molar-refractivity contribution in [3.8, 4) is 5.75 Å². The predicted octanol–water partition coefficient (Wildman–Crippen LogP) is 2.47. The van der Waals surface area contributed by atoms with Gasteiger partial charge in [0.2, 0.25) is 0 Å². The summed E-state index contributed by atoms with van der Waals surface area (Å²) in [5, 5.41) is 0. The normalized spacial score (nSPS) is 10.3. The average molecular weight is 215 g/mol. The summed E-state index contributed by atoms with van der Waals surface area (Å²) in [4.78, 5) is 0. The van der Waals surface area contributed by atoms with Gasteiger partial charge in [0.1, 0.15) is 17.4 Å². The summed E-state index contributed by atoms with van der Waals surface area (Å²) < 4.78 is 30.6. The van der Waals surface area contributed by atoms with Gasteiger partial charge in [0.15, 0.2) is 0 Å². The van der Waals surface area contributed by atoms with Gasteiger partial charge >= 0.3 is 0 Å². The Morgan fingerprint density at radius 2 is 1.67 bits per heavy atom. The Morgan fingerprint density at radius 1 is 1.00 bits per heavy atom. The lowest BCUT2D eigenvalue weighted by Gasteiger charge is -2.05. The van der Waals surface area contributed by atoms with Crippen LogP contribution in [-0.2, 0) is 0 Å². The summed E-state index contributed by atoms with van der Waals surface area (Å²) in [5.41, 5.74) is 5.32. The monoisotopic (exact) mass is 215 g/mol. The van der Waals surface area contributed by atoms with Gasteiger partial charge in [0, 0.05) is 18.2 Å². The van der Waals surface area contributed by atoms with Crippen molar-refractivity contribution in [2.24, 2.45) is 5.73 Å². The first-order valence-electron chi connectivity index (χ1n) is 5.01. The molecule has 1 aromatic carbocycles. The van der Waals surface area contributed by atoms with E-state index < -0.39 is 11.6 Å². The maximum absolute atomic E-state index is 12.7. The number of unbranched alkanes of at least 4 members (excludes halogenated alkanes) is 2. The molecule has 15 heavy (non-hydrogen) atoms. The molecule has 0 aliphatic rings. The van der Waals surface area contributed by atoms with E-state index >= 15 is 0 Å². The summed E-state index contributed by atoms with van der Waals surface area (Å²) in [7, 11) is 0. The molecule has 0 aromatic heterocycles. The molecule has 0 bridgehead atoms. The third-order valence-corrected chi connectivity index (χ3v) is 1.95. The van der Waals surface area contributed by atoms with E-state index in [4.69, 9.17) is 10.5 Å². The molecule has 0 amide bonds. The van der Waals surface area contributed by atoms with Crippen LogP contribution in [0.3, 0.4) is 0 Å². The van der Waals surface area contributed by atoms with Gasteiger partial charge in [-0.15, -0.1) is 0 Å². The minimum atomic E-state index is -0.619. The first kappa shape index (κ1) is 11.9. The van der Waals surface area contributed by atoms with Crippen molar-refractivity contribution in [2.45, 2.75) is 19.3 Å². The number of hydrogen-bond donors (Lipinski definition) is 1. The first-order chi connectivity index (χ1) is 7.22. The number of halogens is 2. The van der Waals surface area contributed by atoms with Crippen molar-refractivity contribution in [1.82, 2.24) is 0 Å². The molecular formula is C11H15F2NO. The zero-order valence-electron chi connectivity index (χ0n) is 8.51. The van der Waals surface area contributed by atoms with Gasteiger partial charge < -0.3 is 10.5 Å². The van der Waals surface area contributed by atoms with Crippen molar-refractivity contribution in [3.63, 3.8) is 0 Å². The molecule has 2 N–H and O–H groups in total. The second-order valence-corrected chi connectivity index (χ2v) is 3.30. The van der Waals surface area contributed by atoms with Gasteiger partial charge in [-0.3, -0.25) is 0 Å². The van der Waals surface area contributed by atoms with E-state index in [1.54, 1.807) is 0 Å². The standard InChI is InChI=1S/C11H15F2NO/c12-9-6-10(13)8-11(7-9)15-5-3-1-2-4-14/h6-8H,1-5,14H2. The average Bonchev–Trinajstić information content (AvgIpc) is 2.16. The van der Waals surface area contributed by atoms with Crippen LogP contribution in [0, 0.1) is 11.6 Å². The van der Waals surface area contributed by atoms with Gasteiger partial charge in [0.05, 0.1) is 6.61 Å². The Balaban J connectivity index is 2.31. The van der Waals surface area contributed by atoms with E-state index in [0.29, 0.717) is 13.2 Å². The molecule has 0 radical (unpaired) electrons. The van der Waals surface area contributed by atoms with Crippen molar-refractivity contribution in [2.75, 3.05) is 13.2 Å². The molecule has 0 spiro atoms. The predicted molar refractivity (Wildman–Crippen MR) is 54.8 cm³/mol. The molecule has 1 aromatic rings. The molecular weight excluding hydrogens is 200 g/mol. The summed E-state index contributed by atoms with van der Waals surface area (Å²) in [5.74, 6) is -1.00. The van der Waals surface area contributed by atoms with Crippen LogP contribution in [-0.4, -0.2) is 13.2 Å². The SMILES string of the molecule is NCCCCCOc1cc(F)cc(F)c1. The highest BCUT2D eigenvalue weighted by Gasteiger charge is 2.00. The van der Waals surface area contributed by atoms with Crippen LogP contribution in [0.25, 0.3) is 0 Å². The highest BCUT2D eigenvalue weighted by Crippen LogP contribution is 2.15. The third-order valence-electron chi connectivity index (χ3n) is 1.95. The molecule has 0 heterocycles. The second-order valence-electron chi connectivity index (χ2n) is 3.30. The first-order valence-corrected chi connectivity index (χ1v) is 5.01. The van der Waals surface area contributed by atoms with E-state index in [0.717, 1.165) is 25.3 Å². The molecule has 0 aliphatic heterocycles. The summed E-state index contributed by atoms with van der Waals surface area (Å²) in [6, 6.07) is 3.17. The van der Waals surface area contributed by atoms with Crippen LogP contribution in [0.2, 0.25) is 0 Å². The van der Waals surface area contributed by atoms with Gasteiger partial charge in [-0.05, 0) is 25.8 Å². The fourth-order valence-electron chi connectivity index (χ4n) is 1.23. The number of benzene rings is 1. The van der Waals surface area contributed by atoms with Gasteiger partial charge in [-0.2, -0.15) is 0 Å². The molecule has 0 unspecified atom stereocenters.